The number of ether oxygens (including phenoxy) is 1. The molecule has 2 aromatic carbocycles. The fraction of sp³-hybridized carbons (Fsp3) is 0.519. The van der Waals surface area contributed by atoms with Crippen LogP contribution >= 0.6 is 0 Å². The first-order valence-corrected chi connectivity index (χ1v) is 12.2. The van der Waals surface area contributed by atoms with Gasteiger partial charge in [-0.15, -0.1) is 0 Å². The Morgan fingerprint density at radius 3 is 2.64 bits per heavy atom. The molecule has 3 fully saturated rings. The molecule has 33 heavy (non-hydrogen) atoms. The molecule has 1 unspecified atom stereocenters. The standard InChI is InChI=1S/C27H34FN3O2/c1-20-16-23(31-14-11-27(19-31)10-13-30(18-27)15-12-28)6-9-25(20)29-26(32)22-4-7-24(8-5-22)33-17-21-2-3-21/h4-9,16,21H,2-3,10-15,17-19H2,1H3,(H,29,32). The average Bonchev–Trinajstić information content (AvgIpc) is 3.44. The zero-order chi connectivity index (χ0) is 22.8. The number of amides is 1. The van der Waals surface area contributed by atoms with E-state index in [1.54, 1.807) is 0 Å². The number of likely N-dealkylation sites (tertiary alicyclic amines) is 1. The largest absolute Gasteiger partial charge is 0.493 e. The number of nitrogens with zero attached hydrogens (tertiary/aromatic N) is 2. The number of carbonyl (C=O) groups is 1. The van der Waals surface area contributed by atoms with E-state index >= 15 is 0 Å². The first-order chi connectivity index (χ1) is 16.0. The van der Waals surface area contributed by atoms with Gasteiger partial charge < -0.3 is 19.9 Å². The van der Waals surface area contributed by atoms with E-state index < -0.39 is 0 Å². The predicted octanol–water partition coefficient (Wildman–Crippen LogP) is 4.91. The first kappa shape index (κ1) is 22.2. The van der Waals surface area contributed by atoms with Crippen LogP contribution in [0.1, 0.15) is 41.6 Å². The molecule has 3 aliphatic rings. The van der Waals surface area contributed by atoms with E-state index in [0.717, 1.165) is 62.6 Å². The van der Waals surface area contributed by atoms with Crippen LogP contribution in [0.4, 0.5) is 15.8 Å². The van der Waals surface area contributed by atoms with E-state index in [-0.39, 0.29) is 12.6 Å². The van der Waals surface area contributed by atoms with Crippen molar-refractivity contribution in [3.05, 3.63) is 53.6 Å². The fourth-order valence-electron chi connectivity index (χ4n) is 5.21. The molecule has 5 nitrogen and oxygen atoms in total. The van der Waals surface area contributed by atoms with Crippen molar-refractivity contribution in [3.63, 3.8) is 0 Å². The SMILES string of the molecule is Cc1cc(N2CCC3(CCN(CCF)C3)C2)ccc1NC(=O)c1ccc(OCC2CC2)cc1. The second-order valence-electron chi connectivity index (χ2n) is 10.1. The molecule has 6 heteroatoms. The molecule has 2 aromatic rings. The van der Waals surface area contributed by atoms with E-state index in [1.807, 2.05) is 37.3 Å². The summed E-state index contributed by atoms with van der Waals surface area (Å²) in [5.41, 5.74) is 4.00. The van der Waals surface area contributed by atoms with Crippen LogP contribution in [0.15, 0.2) is 42.5 Å². The van der Waals surface area contributed by atoms with Crippen LogP contribution in [-0.2, 0) is 0 Å². The quantitative estimate of drug-likeness (QED) is 0.620. The van der Waals surface area contributed by atoms with Gasteiger partial charge in [0.1, 0.15) is 12.4 Å². The Hall–Kier alpha value is -2.60. The molecule has 2 aliphatic heterocycles. The van der Waals surface area contributed by atoms with Crippen molar-refractivity contribution >= 4 is 17.3 Å². The topological polar surface area (TPSA) is 44.8 Å². The van der Waals surface area contributed by atoms with Crippen molar-refractivity contribution in [2.24, 2.45) is 11.3 Å². The van der Waals surface area contributed by atoms with E-state index in [1.165, 1.54) is 18.5 Å². The molecule has 2 saturated heterocycles. The van der Waals surface area contributed by atoms with Gasteiger partial charge in [-0.1, -0.05) is 0 Å². The highest BCUT2D eigenvalue weighted by atomic mass is 19.1. The van der Waals surface area contributed by atoms with Crippen molar-refractivity contribution in [3.8, 4) is 5.75 Å². The number of carbonyl (C=O) groups excluding carboxylic acids is 1. The van der Waals surface area contributed by atoms with Crippen molar-refractivity contribution < 1.29 is 13.9 Å². The van der Waals surface area contributed by atoms with E-state index in [0.29, 0.717) is 23.4 Å². The maximum atomic E-state index is 12.8. The summed E-state index contributed by atoms with van der Waals surface area (Å²) < 4.78 is 18.5. The number of aryl methyl sites for hydroxylation is 1. The van der Waals surface area contributed by atoms with Gasteiger partial charge in [-0.3, -0.25) is 4.79 Å². The summed E-state index contributed by atoms with van der Waals surface area (Å²) in [4.78, 5) is 17.5. The molecule has 1 N–H and O–H groups in total. The molecule has 1 amide bonds. The fourth-order valence-corrected chi connectivity index (χ4v) is 5.21. The molecular weight excluding hydrogens is 417 g/mol. The number of halogens is 1. The number of hydrogen-bond acceptors (Lipinski definition) is 4. The van der Waals surface area contributed by atoms with Crippen LogP contribution in [0.3, 0.4) is 0 Å². The van der Waals surface area contributed by atoms with Gasteiger partial charge in [0.05, 0.1) is 6.61 Å². The third kappa shape index (κ3) is 5.16. The van der Waals surface area contributed by atoms with E-state index in [9.17, 15) is 9.18 Å². The summed E-state index contributed by atoms with van der Waals surface area (Å²) in [6.07, 6.45) is 4.83. The van der Waals surface area contributed by atoms with Crippen molar-refractivity contribution in [1.82, 2.24) is 4.90 Å². The molecule has 5 rings (SSSR count). The van der Waals surface area contributed by atoms with E-state index in [4.69, 9.17) is 4.74 Å². The molecule has 2 heterocycles. The number of anilines is 2. The minimum atomic E-state index is -0.259. The van der Waals surface area contributed by atoms with Gasteiger partial charge in [-0.05, 0) is 93.1 Å². The van der Waals surface area contributed by atoms with Crippen LogP contribution in [-0.4, -0.2) is 56.8 Å². The summed E-state index contributed by atoms with van der Waals surface area (Å²) in [6.45, 7) is 7.18. The van der Waals surface area contributed by atoms with Crippen molar-refractivity contribution in [1.29, 1.82) is 0 Å². The zero-order valence-electron chi connectivity index (χ0n) is 19.5. The lowest BCUT2D eigenvalue weighted by Gasteiger charge is -2.26. The number of rotatable bonds is 8. The summed E-state index contributed by atoms with van der Waals surface area (Å²) >= 11 is 0. The summed E-state index contributed by atoms with van der Waals surface area (Å²) in [5, 5.41) is 3.05. The van der Waals surface area contributed by atoms with Crippen LogP contribution in [0, 0.1) is 18.3 Å². The third-order valence-electron chi connectivity index (χ3n) is 7.48. The van der Waals surface area contributed by atoms with Crippen LogP contribution < -0.4 is 15.0 Å². The van der Waals surface area contributed by atoms with E-state index in [2.05, 4.69) is 27.2 Å². The van der Waals surface area contributed by atoms with Crippen LogP contribution in [0.25, 0.3) is 0 Å². The lowest BCUT2D eigenvalue weighted by atomic mass is 9.86. The highest BCUT2D eigenvalue weighted by Gasteiger charge is 2.43. The average molecular weight is 452 g/mol. The Kier molecular flexibility index (Phi) is 6.28. The summed E-state index contributed by atoms with van der Waals surface area (Å²) in [7, 11) is 0. The number of alkyl halides is 1. The lowest BCUT2D eigenvalue weighted by Crippen LogP contribution is -2.31. The minimum Gasteiger partial charge on any atom is -0.493 e. The van der Waals surface area contributed by atoms with Gasteiger partial charge in [0.25, 0.3) is 5.91 Å². The van der Waals surface area contributed by atoms with Gasteiger partial charge in [0.15, 0.2) is 0 Å². The van der Waals surface area contributed by atoms with Crippen molar-refractivity contribution in [2.75, 3.05) is 56.2 Å². The van der Waals surface area contributed by atoms with Crippen LogP contribution in [0.2, 0.25) is 0 Å². The highest BCUT2D eigenvalue weighted by molar-refractivity contribution is 6.04. The maximum absolute atomic E-state index is 12.8. The Morgan fingerprint density at radius 1 is 1.12 bits per heavy atom. The molecule has 1 atom stereocenters. The number of nitrogens with one attached hydrogen (secondary N) is 1. The smallest absolute Gasteiger partial charge is 0.255 e. The zero-order valence-corrected chi connectivity index (χ0v) is 19.5. The van der Waals surface area contributed by atoms with Crippen LogP contribution in [0.5, 0.6) is 5.75 Å². The Bertz CT molecular complexity index is 991. The normalized spacial score (nSPS) is 22.8. The molecule has 0 aromatic heterocycles. The molecule has 176 valence electrons. The highest BCUT2D eigenvalue weighted by Crippen LogP contribution is 2.41. The molecule has 0 radical (unpaired) electrons. The van der Waals surface area contributed by atoms with Gasteiger partial charge in [0, 0.05) is 48.5 Å². The van der Waals surface area contributed by atoms with Crippen molar-refractivity contribution in [2.45, 2.75) is 32.6 Å². The first-order valence-electron chi connectivity index (χ1n) is 12.2. The number of hydrogen-bond donors (Lipinski definition) is 1. The second kappa shape index (κ2) is 9.34. The third-order valence-corrected chi connectivity index (χ3v) is 7.48. The monoisotopic (exact) mass is 451 g/mol. The van der Waals surface area contributed by atoms with Gasteiger partial charge in [0.2, 0.25) is 0 Å². The second-order valence-corrected chi connectivity index (χ2v) is 10.1. The Morgan fingerprint density at radius 2 is 1.91 bits per heavy atom. The Labute approximate surface area is 195 Å². The Balaban J connectivity index is 1.18. The van der Waals surface area contributed by atoms with Gasteiger partial charge >= 0.3 is 0 Å². The predicted molar refractivity (Wildman–Crippen MR) is 130 cm³/mol. The molecule has 1 spiro atoms. The molecular formula is C27H34FN3O2. The molecule has 0 bridgehead atoms. The molecule has 1 saturated carbocycles. The van der Waals surface area contributed by atoms with Gasteiger partial charge in [-0.25, -0.2) is 4.39 Å². The molecule has 1 aliphatic carbocycles. The lowest BCUT2D eigenvalue weighted by molar-refractivity contribution is 0.102. The minimum absolute atomic E-state index is 0.112. The maximum Gasteiger partial charge on any atom is 0.255 e. The summed E-state index contributed by atoms with van der Waals surface area (Å²) in [5.74, 6) is 1.41. The van der Waals surface area contributed by atoms with Gasteiger partial charge in [-0.2, -0.15) is 0 Å². The summed E-state index contributed by atoms with van der Waals surface area (Å²) in [6, 6.07) is 13.6. The number of benzene rings is 2.